The molecule has 0 amide bonds. The number of imidazole rings is 1. The van der Waals surface area contributed by atoms with Crippen molar-refractivity contribution in [1.29, 1.82) is 0 Å². The molecule has 0 radical (unpaired) electrons. The second-order valence-corrected chi connectivity index (χ2v) is 6.54. The highest BCUT2D eigenvalue weighted by molar-refractivity contribution is 5.78. The number of rotatable bonds is 4. The van der Waals surface area contributed by atoms with Gasteiger partial charge in [-0.05, 0) is 63.5 Å². The summed E-state index contributed by atoms with van der Waals surface area (Å²) in [6.45, 7) is 4.85. The molecule has 1 fully saturated rings. The highest BCUT2D eigenvalue weighted by atomic mass is 16.3. The number of benzene rings is 1. The number of nitrogens with zero attached hydrogens (tertiary/aromatic N) is 2. The summed E-state index contributed by atoms with van der Waals surface area (Å²) < 4.78 is 8.01. The maximum absolute atomic E-state index is 5.78. The Morgan fingerprint density at radius 2 is 2.12 bits per heavy atom. The molecule has 1 aliphatic heterocycles. The summed E-state index contributed by atoms with van der Waals surface area (Å²) in [5, 5.41) is 7.14. The minimum atomic E-state index is 0.467. The SMILES string of the molecule is Cc1ccc(Cn2c(NC3CCCNCC3)nc3ccccc32)o1. The van der Waals surface area contributed by atoms with Crippen LogP contribution in [0.25, 0.3) is 11.0 Å². The van der Waals surface area contributed by atoms with Gasteiger partial charge in [-0.2, -0.15) is 0 Å². The molecule has 4 rings (SSSR count). The fourth-order valence-electron chi connectivity index (χ4n) is 3.42. The van der Waals surface area contributed by atoms with Crippen molar-refractivity contribution in [3.05, 3.63) is 47.9 Å². The van der Waals surface area contributed by atoms with Crippen molar-refractivity contribution < 1.29 is 4.42 Å². The molecule has 3 heterocycles. The van der Waals surface area contributed by atoms with Gasteiger partial charge in [0.05, 0.1) is 17.6 Å². The topological polar surface area (TPSA) is 55.0 Å². The smallest absolute Gasteiger partial charge is 0.204 e. The molecule has 0 saturated carbocycles. The van der Waals surface area contributed by atoms with Crippen molar-refractivity contribution in [2.75, 3.05) is 18.4 Å². The number of hydrogen-bond donors (Lipinski definition) is 2. The number of nitrogens with one attached hydrogen (secondary N) is 2. The third-order valence-electron chi connectivity index (χ3n) is 4.67. The number of hydrogen-bond acceptors (Lipinski definition) is 4. The number of fused-ring (bicyclic) bond motifs is 1. The Labute approximate surface area is 142 Å². The van der Waals surface area contributed by atoms with Gasteiger partial charge in [0.25, 0.3) is 0 Å². The van der Waals surface area contributed by atoms with Crippen molar-refractivity contribution in [1.82, 2.24) is 14.9 Å². The summed E-state index contributed by atoms with van der Waals surface area (Å²) in [6, 6.07) is 12.8. The molecule has 5 nitrogen and oxygen atoms in total. The van der Waals surface area contributed by atoms with Gasteiger partial charge in [-0.25, -0.2) is 4.98 Å². The molecule has 24 heavy (non-hydrogen) atoms. The zero-order chi connectivity index (χ0) is 16.4. The first-order chi connectivity index (χ1) is 11.8. The maximum atomic E-state index is 5.78. The molecule has 1 saturated heterocycles. The van der Waals surface area contributed by atoms with Crippen LogP contribution in [0.2, 0.25) is 0 Å². The van der Waals surface area contributed by atoms with Crippen molar-refractivity contribution in [3.63, 3.8) is 0 Å². The van der Waals surface area contributed by atoms with Crippen molar-refractivity contribution in [2.24, 2.45) is 0 Å². The van der Waals surface area contributed by atoms with E-state index in [2.05, 4.69) is 33.4 Å². The van der Waals surface area contributed by atoms with Crippen molar-refractivity contribution >= 4 is 17.0 Å². The predicted molar refractivity (Wildman–Crippen MR) is 96.4 cm³/mol. The van der Waals surface area contributed by atoms with Crippen LogP contribution in [0, 0.1) is 6.92 Å². The van der Waals surface area contributed by atoms with Crippen LogP contribution in [0.5, 0.6) is 0 Å². The zero-order valence-corrected chi connectivity index (χ0v) is 14.1. The standard InChI is InChI=1S/C19H24N4O/c1-14-8-9-16(24-14)13-23-18-7-3-2-6-17(18)22-19(23)21-15-5-4-11-20-12-10-15/h2-3,6-9,15,20H,4-5,10-13H2,1H3,(H,21,22). The number of para-hydroxylation sites is 2. The van der Waals surface area contributed by atoms with Crippen molar-refractivity contribution in [2.45, 2.75) is 38.8 Å². The van der Waals surface area contributed by atoms with Gasteiger partial charge in [-0.15, -0.1) is 0 Å². The molecule has 1 aliphatic rings. The maximum Gasteiger partial charge on any atom is 0.204 e. The van der Waals surface area contributed by atoms with Crippen LogP contribution < -0.4 is 10.6 Å². The minimum absolute atomic E-state index is 0.467. The van der Waals surface area contributed by atoms with E-state index in [4.69, 9.17) is 9.40 Å². The van der Waals surface area contributed by atoms with Crippen LogP contribution in [-0.4, -0.2) is 28.7 Å². The molecular weight excluding hydrogens is 300 g/mol. The van der Waals surface area contributed by atoms with Crippen molar-refractivity contribution in [3.8, 4) is 0 Å². The first kappa shape index (κ1) is 15.3. The summed E-state index contributed by atoms with van der Waals surface area (Å²) in [6.07, 6.45) is 3.51. The van der Waals surface area contributed by atoms with Gasteiger partial charge in [0, 0.05) is 6.04 Å². The summed E-state index contributed by atoms with van der Waals surface area (Å²) in [5.41, 5.74) is 2.16. The summed E-state index contributed by atoms with van der Waals surface area (Å²) in [5.74, 6) is 2.84. The predicted octanol–water partition coefficient (Wildman–Crippen LogP) is 3.54. The molecule has 3 aromatic rings. The first-order valence-electron chi connectivity index (χ1n) is 8.77. The average molecular weight is 324 g/mol. The van der Waals surface area contributed by atoms with Gasteiger partial charge in [-0.1, -0.05) is 12.1 Å². The summed E-state index contributed by atoms with van der Waals surface area (Å²) >= 11 is 0. The van der Waals surface area contributed by atoms with E-state index in [1.165, 1.54) is 12.8 Å². The molecule has 2 aromatic heterocycles. The average Bonchev–Trinajstić information content (AvgIpc) is 3.03. The van der Waals surface area contributed by atoms with Crippen LogP contribution in [0.3, 0.4) is 0 Å². The van der Waals surface area contributed by atoms with E-state index in [0.717, 1.165) is 48.0 Å². The lowest BCUT2D eigenvalue weighted by Crippen LogP contribution is -2.23. The van der Waals surface area contributed by atoms with Crippen LogP contribution in [-0.2, 0) is 6.54 Å². The molecule has 1 atom stereocenters. The lowest BCUT2D eigenvalue weighted by molar-refractivity contribution is 0.472. The normalized spacial score (nSPS) is 18.6. The zero-order valence-electron chi connectivity index (χ0n) is 14.1. The quantitative estimate of drug-likeness (QED) is 0.771. The van der Waals surface area contributed by atoms with Gasteiger partial charge < -0.3 is 19.6 Å². The van der Waals surface area contributed by atoms with Crippen LogP contribution in [0.15, 0.2) is 40.8 Å². The van der Waals surface area contributed by atoms with E-state index in [1.54, 1.807) is 0 Å². The van der Waals surface area contributed by atoms with E-state index in [0.29, 0.717) is 12.6 Å². The van der Waals surface area contributed by atoms with Gasteiger partial charge in [-0.3, -0.25) is 0 Å². The third kappa shape index (κ3) is 3.17. The van der Waals surface area contributed by atoms with Gasteiger partial charge in [0.15, 0.2) is 0 Å². The second-order valence-electron chi connectivity index (χ2n) is 6.54. The Kier molecular flexibility index (Phi) is 4.26. The van der Waals surface area contributed by atoms with Gasteiger partial charge in [0.2, 0.25) is 5.95 Å². The third-order valence-corrected chi connectivity index (χ3v) is 4.67. The molecule has 1 unspecified atom stereocenters. The van der Waals surface area contributed by atoms with E-state index in [9.17, 15) is 0 Å². The molecular formula is C19H24N4O. The lowest BCUT2D eigenvalue weighted by atomic mass is 10.1. The molecule has 2 N–H and O–H groups in total. The molecule has 5 heteroatoms. The van der Waals surface area contributed by atoms with Crippen LogP contribution in [0.1, 0.15) is 30.8 Å². The molecule has 126 valence electrons. The van der Waals surface area contributed by atoms with Crippen LogP contribution in [0.4, 0.5) is 5.95 Å². The van der Waals surface area contributed by atoms with Crippen LogP contribution >= 0.6 is 0 Å². The molecule has 0 aliphatic carbocycles. The Hall–Kier alpha value is -2.27. The van der Waals surface area contributed by atoms with Gasteiger partial charge in [0.1, 0.15) is 11.5 Å². The minimum Gasteiger partial charge on any atom is -0.464 e. The van der Waals surface area contributed by atoms with E-state index < -0.39 is 0 Å². The molecule has 0 bridgehead atoms. The van der Waals surface area contributed by atoms with Gasteiger partial charge >= 0.3 is 0 Å². The number of aryl methyl sites for hydroxylation is 1. The van der Waals surface area contributed by atoms with E-state index in [-0.39, 0.29) is 0 Å². The Morgan fingerprint density at radius 3 is 3.00 bits per heavy atom. The highest BCUT2D eigenvalue weighted by Gasteiger charge is 2.17. The Balaban J connectivity index is 1.66. The lowest BCUT2D eigenvalue weighted by Gasteiger charge is -2.17. The summed E-state index contributed by atoms with van der Waals surface area (Å²) in [4.78, 5) is 4.83. The summed E-state index contributed by atoms with van der Waals surface area (Å²) in [7, 11) is 0. The van der Waals surface area contributed by atoms with E-state index >= 15 is 0 Å². The second kappa shape index (κ2) is 6.69. The Bertz CT molecular complexity index is 812. The molecule has 1 aromatic carbocycles. The largest absolute Gasteiger partial charge is 0.464 e. The fraction of sp³-hybridized carbons (Fsp3) is 0.421. The number of aromatic nitrogens is 2. The Morgan fingerprint density at radius 1 is 1.21 bits per heavy atom. The molecule has 0 spiro atoms. The fourth-order valence-corrected chi connectivity index (χ4v) is 3.42. The van der Waals surface area contributed by atoms with E-state index in [1.807, 2.05) is 25.1 Å². The number of anilines is 1. The number of furan rings is 1. The monoisotopic (exact) mass is 324 g/mol. The first-order valence-corrected chi connectivity index (χ1v) is 8.77. The highest BCUT2D eigenvalue weighted by Crippen LogP contribution is 2.23.